The van der Waals surface area contributed by atoms with E-state index in [1.165, 1.54) is 12.1 Å². The van der Waals surface area contributed by atoms with Crippen molar-refractivity contribution in [2.75, 3.05) is 6.54 Å². The van der Waals surface area contributed by atoms with Crippen molar-refractivity contribution in [1.29, 1.82) is 0 Å². The highest BCUT2D eigenvalue weighted by molar-refractivity contribution is 6.02. The molecule has 1 aliphatic heterocycles. The lowest BCUT2D eigenvalue weighted by molar-refractivity contribution is -0.137. The molecule has 1 atom stereocenters. The fraction of sp³-hybridized carbons (Fsp3) is 0.364. The van der Waals surface area contributed by atoms with E-state index in [0.717, 1.165) is 29.0 Å². The van der Waals surface area contributed by atoms with E-state index in [4.69, 9.17) is 4.84 Å². The summed E-state index contributed by atoms with van der Waals surface area (Å²) in [5.41, 5.74) is 2.89. The summed E-state index contributed by atoms with van der Waals surface area (Å²) in [5, 5.41) is 4.19. The van der Waals surface area contributed by atoms with E-state index >= 15 is 0 Å². The lowest BCUT2D eigenvalue weighted by Crippen LogP contribution is -2.36. The number of hydrogen-bond acceptors (Lipinski definition) is 3. The molecule has 1 aliphatic rings. The molecular formula is C22H23F3N2O2. The van der Waals surface area contributed by atoms with Crippen LogP contribution in [0.4, 0.5) is 13.2 Å². The Hall–Kier alpha value is -2.83. The molecule has 29 heavy (non-hydrogen) atoms. The molecule has 1 amide bonds. The van der Waals surface area contributed by atoms with Gasteiger partial charge in [0.05, 0.1) is 17.8 Å². The van der Waals surface area contributed by atoms with Gasteiger partial charge in [0.25, 0.3) is 0 Å². The Morgan fingerprint density at radius 1 is 1.17 bits per heavy atom. The van der Waals surface area contributed by atoms with Crippen LogP contribution in [0.5, 0.6) is 0 Å². The van der Waals surface area contributed by atoms with Gasteiger partial charge < -0.3 is 9.74 Å². The molecule has 4 nitrogen and oxygen atoms in total. The second kappa shape index (κ2) is 8.68. The Morgan fingerprint density at radius 3 is 2.48 bits per heavy atom. The number of benzene rings is 2. The van der Waals surface area contributed by atoms with Gasteiger partial charge in [0.15, 0.2) is 6.10 Å². The van der Waals surface area contributed by atoms with Crippen LogP contribution in [0.1, 0.15) is 42.0 Å². The Labute approximate surface area is 168 Å². The lowest BCUT2D eigenvalue weighted by atomic mass is 10.00. The monoisotopic (exact) mass is 404 g/mol. The van der Waals surface area contributed by atoms with Crippen LogP contribution in [0, 0.1) is 6.92 Å². The van der Waals surface area contributed by atoms with Crippen LogP contribution in [0.3, 0.4) is 0 Å². The molecule has 154 valence electrons. The highest BCUT2D eigenvalue weighted by atomic mass is 19.4. The van der Waals surface area contributed by atoms with Crippen molar-refractivity contribution >= 4 is 11.6 Å². The van der Waals surface area contributed by atoms with Crippen molar-refractivity contribution in [3.63, 3.8) is 0 Å². The van der Waals surface area contributed by atoms with E-state index in [1.807, 2.05) is 31.2 Å². The summed E-state index contributed by atoms with van der Waals surface area (Å²) in [6, 6.07) is 12.8. The topological polar surface area (TPSA) is 41.9 Å². The summed E-state index contributed by atoms with van der Waals surface area (Å²) < 4.78 is 38.2. The first kappa shape index (κ1) is 20.9. The Morgan fingerprint density at radius 2 is 1.86 bits per heavy atom. The van der Waals surface area contributed by atoms with Gasteiger partial charge in [-0.2, -0.15) is 13.2 Å². The third kappa shape index (κ3) is 5.16. The van der Waals surface area contributed by atoms with Crippen molar-refractivity contribution in [2.45, 2.75) is 45.5 Å². The first-order valence-electron chi connectivity index (χ1n) is 9.50. The summed E-state index contributed by atoms with van der Waals surface area (Å²) in [6.07, 6.45) is -3.78. The van der Waals surface area contributed by atoms with Gasteiger partial charge in [-0.3, -0.25) is 4.79 Å². The first-order chi connectivity index (χ1) is 13.8. The zero-order valence-electron chi connectivity index (χ0n) is 16.4. The van der Waals surface area contributed by atoms with Crippen molar-refractivity contribution in [2.24, 2.45) is 5.16 Å². The lowest BCUT2D eigenvalue weighted by Gasteiger charge is -2.24. The number of aryl methyl sites for hydroxylation is 1. The van der Waals surface area contributed by atoms with Crippen LogP contribution in [0.25, 0.3) is 0 Å². The minimum Gasteiger partial charge on any atom is -0.390 e. The average Bonchev–Trinajstić information content (AvgIpc) is 3.15. The SMILES string of the molecule is CCC(=O)N(Cc1ccc(C(F)(F)F)cc1)CC1CC(c2ccccc2C)=NO1. The quantitative estimate of drug-likeness (QED) is 0.684. The highest BCUT2D eigenvalue weighted by Gasteiger charge is 2.30. The van der Waals surface area contributed by atoms with Gasteiger partial charge in [0, 0.05) is 24.9 Å². The van der Waals surface area contributed by atoms with E-state index in [1.54, 1.807) is 11.8 Å². The number of rotatable bonds is 6. The second-order valence-corrected chi connectivity index (χ2v) is 7.11. The van der Waals surface area contributed by atoms with Crippen molar-refractivity contribution in [1.82, 2.24) is 4.90 Å². The molecular weight excluding hydrogens is 381 g/mol. The zero-order chi connectivity index (χ0) is 21.0. The highest BCUT2D eigenvalue weighted by Crippen LogP contribution is 2.29. The van der Waals surface area contributed by atoms with Gasteiger partial charge in [-0.05, 0) is 30.2 Å². The van der Waals surface area contributed by atoms with Gasteiger partial charge in [0.2, 0.25) is 5.91 Å². The summed E-state index contributed by atoms with van der Waals surface area (Å²) in [5.74, 6) is -0.0853. The Bertz CT molecular complexity index is 892. The minimum atomic E-state index is -4.38. The van der Waals surface area contributed by atoms with Crippen molar-refractivity contribution in [3.8, 4) is 0 Å². The number of nitrogens with zero attached hydrogens (tertiary/aromatic N) is 2. The molecule has 0 saturated heterocycles. The van der Waals surface area contributed by atoms with Gasteiger partial charge in [0.1, 0.15) is 0 Å². The Kier molecular flexibility index (Phi) is 6.25. The number of carbonyl (C=O) groups excluding carboxylic acids is 1. The second-order valence-electron chi connectivity index (χ2n) is 7.11. The zero-order valence-corrected chi connectivity index (χ0v) is 16.4. The van der Waals surface area contributed by atoms with E-state index in [2.05, 4.69) is 5.16 Å². The fourth-order valence-electron chi connectivity index (χ4n) is 3.33. The molecule has 0 fully saturated rings. The van der Waals surface area contributed by atoms with E-state index in [-0.39, 0.29) is 18.6 Å². The summed E-state index contributed by atoms with van der Waals surface area (Å²) >= 11 is 0. The number of hydrogen-bond donors (Lipinski definition) is 0. The molecule has 0 spiro atoms. The normalized spacial score (nSPS) is 16.3. The maximum Gasteiger partial charge on any atom is 0.416 e. The maximum absolute atomic E-state index is 12.7. The molecule has 3 rings (SSSR count). The number of alkyl halides is 3. The molecule has 2 aromatic rings. The molecule has 0 N–H and O–H groups in total. The molecule has 0 radical (unpaired) electrons. The van der Waals surface area contributed by atoms with E-state index < -0.39 is 11.7 Å². The molecule has 0 aliphatic carbocycles. The van der Waals surface area contributed by atoms with Gasteiger partial charge in [-0.25, -0.2) is 0 Å². The largest absolute Gasteiger partial charge is 0.416 e. The fourth-order valence-corrected chi connectivity index (χ4v) is 3.33. The molecule has 0 aromatic heterocycles. The van der Waals surface area contributed by atoms with Crippen LogP contribution in [-0.4, -0.2) is 29.2 Å². The summed E-state index contributed by atoms with van der Waals surface area (Å²) in [7, 11) is 0. The number of halogens is 3. The van der Waals surface area contributed by atoms with Gasteiger partial charge >= 0.3 is 6.18 Å². The summed E-state index contributed by atoms with van der Waals surface area (Å²) in [6.45, 7) is 4.31. The van der Waals surface area contributed by atoms with Crippen LogP contribution in [0.15, 0.2) is 53.7 Å². The van der Waals surface area contributed by atoms with Gasteiger partial charge in [-0.1, -0.05) is 48.5 Å². The molecule has 2 aromatic carbocycles. The van der Waals surface area contributed by atoms with E-state index in [0.29, 0.717) is 24.9 Å². The van der Waals surface area contributed by atoms with Gasteiger partial charge in [-0.15, -0.1) is 0 Å². The Balaban J connectivity index is 1.66. The molecule has 1 heterocycles. The summed E-state index contributed by atoms with van der Waals surface area (Å²) in [4.78, 5) is 19.6. The van der Waals surface area contributed by atoms with Crippen LogP contribution in [-0.2, 0) is 22.4 Å². The van der Waals surface area contributed by atoms with Crippen LogP contribution in [0.2, 0.25) is 0 Å². The third-order valence-corrected chi connectivity index (χ3v) is 4.92. The maximum atomic E-state index is 12.7. The molecule has 7 heteroatoms. The molecule has 1 unspecified atom stereocenters. The number of oxime groups is 1. The van der Waals surface area contributed by atoms with Crippen molar-refractivity contribution in [3.05, 3.63) is 70.8 Å². The number of amides is 1. The molecule has 0 saturated carbocycles. The predicted octanol–water partition coefficient (Wildman–Crippen LogP) is 4.95. The number of carbonyl (C=O) groups is 1. The third-order valence-electron chi connectivity index (χ3n) is 4.92. The first-order valence-corrected chi connectivity index (χ1v) is 9.50. The smallest absolute Gasteiger partial charge is 0.390 e. The van der Waals surface area contributed by atoms with Crippen LogP contribution < -0.4 is 0 Å². The minimum absolute atomic E-state index is 0.0853. The van der Waals surface area contributed by atoms with Crippen molar-refractivity contribution < 1.29 is 22.8 Å². The standard InChI is InChI=1S/C22H23F3N2O2/c1-3-21(28)27(13-16-8-10-17(11-9-16)22(23,24)25)14-18-12-20(26-29-18)19-7-5-4-6-15(19)2/h4-11,18H,3,12-14H2,1-2H3. The van der Waals surface area contributed by atoms with E-state index in [9.17, 15) is 18.0 Å². The van der Waals surface area contributed by atoms with Crippen LogP contribution >= 0.6 is 0 Å². The predicted molar refractivity (Wildman–Crippen MR) is 104 cm³/mol. The molecule has 0 bridgehead atoms. The average molecular weight is 404 g/mol.